The number of nitrogens with zero attached hydrogens (tertiary/aromatic N) is 1. The summed E-state index contributed by atoms with van der Waals surface area (Å²) in [6.07, 6.45) is 1.34. The highest BCUT2D eigenvalue weighted by molar-refractivity contribution is 9.10. The molecular formula is C19H16BrNO5. The summed E-state index contributed by atoms with van der Waals surface area (Å²) in [6, 6.07) is 10.6. The number of halogens is 1. The summed E-state index contributed by atoms with van der Waals surface area (Å²) in [5, 5.41) is 0. The minimum absolute atomic E-state index is 0.192. The van der Waals surface area contributed by atoms with E-state index in [0.717, 1.165) is 10.0 Å². The van der Waals surface area contributed by atoms with Gasteiger partial charge in [0.15, 0.2) is 17.2 Å². The van der Waals surface area contributed by atoms with E-state index in [1.54, 1.807) is 12.1 Å². The van der Waals surface area contributed by atoms with Crippen molar-refractivity contribution in [3.63, 3.8) is 0 Å². The van der Waals surface area contributed by atoms with E-state index in [1.807, 2.05) is 24.3 Å². The number of hydrogen-bond donors (Lipinski definition) is 0. The molecule has 0 aliphatic carbocycles. The van der Waals surface area contributed by atoms with Gasteiger partial charge in [-0.15, -0.1) is 0 Å². The summed E-state index contributed by atoms with van der Waals surface area (Å²) in [5.74, 6) is 1.27. The predicted octanol–water partition coefficient (Wildman–Crippen LogP) is 4.36. The molecule has 0 saturated carbocycles. The van der Waals surface area contributed by atoms with Gasteiger partial charge in [0.25, 0.3) is 0 Å². The van der Waals surface area contributed by atoms with E-state index in [4.69, 9.17) is 18.6 Å². The maximum atomic E-state index is 12.8. The van der Waals surface area contributed by atoms with E-state index in [-0.39, 0.29) is 11.5 Å². The normalized spacial score (nSPS) is 10.5. The molecular weight excluding hydrogens is 402 g/mol. The third-order valence-corrected chi connectivity index (χ3v) is 4.28. The van der Waals surface area contributed by atoms with Crippen LogP contribution in [0.25, 0.3) is 11.5 Å². The van der Waals surface area contributed by atoms with Crippen LogP contribution in [0.2, 0.25) is 0 Å². The summed E-state index contributed by atoms with van der Waals surface area (Å²) in [7, 11) is 4.49. The summed E-state index contributed by atoms with van der Waals surface area (Å²) in [6.45, 7) is 0. The predicted molar refractivity (Wildman–Crippen MR) is 99.2 cm³/mol. The van der Waals surface area contributed by atoms with Crippen LogP contribution < -0.4 is 14.2 Å². The van der Waals surface area contributed by atoms with Crippen LogP contribution in [0.3, 0.4) is 0 Å². The van der Waals surface area contributed by atoms with Crippen molar-refractivity contribution in [3.8, 4) is 28.7 Å². The molecule has 134 valence electrons. The molecule has 0 aliphatic rings. The number of benzene rings is 2. The SMILES string of the molecule is COc1cc(C(=O)c2coc(-c3ccc(Br)cc3)n2)cc(OC)c1OC. The molecule has 2 aromatic carbocycles. The van der Waals surface area contributed by atoms with Crippen molar-refractivity contribution < 1.29 is 23.4 Å². The third kappa shape index (κ3) is 3.43. The fraction of sp³-hybridized carbons (Fsp3) is 0.158. The lowest BCUT2D eigenvalue weighted by molar-refractivity contribution is 0.103. The molecule has 0 atom stereocenters. The van der Waals surface area contributed by atoms with Crippen LogP contribution in [0.4, 0.5) is 0 Å². The van der Waals surface area contributed by atoms with E-state index in [9.17, 15) is 4.79 Å². The van der Waals surface area contributed by atoms with Crippen LogP contribution in [-0.2, 0) is 0 Å². The highest BCUT2D eigenvalue weighted by atomic mass is 79.9. The Balaban J connectivity index is 1.96. The Morgan fingerprint density at radius 2 is 1.62 bits per heavy atom. The number of ketones is 1. The Kier molecular flexibility index (Phi) is 5.27. The Hall–Kier alpha value is -2.80. The molecule has 0 saturated heterocycles. The van der Waals surface area contributed by atoms with Crippen LogP contribution in [0.1, 0.15) is 16.1 Å². The number of aromatic nitrogens is 1. The lowest BCUT2D eigenvalue weighted by Crippen LogP contribution is -2.04. The largest absolute Gasteiger partial charge is 0.493 e. The average Bonchev–Trinajstić information content (AvgIpc) is 3.16. The number of carbonyl (C=O) groups excluding carboxylic acids is 1. The van der Waals surface area contributed by atoms with E-state index in [1.165, 1.54) is 27.6 Å². The van der Waals surface area contributed by atoms with E-state index in [2.05, 4.69) is 20.9 Å². The van der Waals surface area contributed by atoms with Crippen LogP contribution >= 0.6 is 15.9 Å². The number of rotatable bonds is 6. The van der Waals surface area contributed by atoms with Gasteiger partial charge in [-0.05, 0) is 36.4 Å². The van der Waals surface area contributed by atoms with Crippen LogP contribution in [0.5, 0.6) is 17.2 Å². The monoisotopic (exact) mass is 417 g/mol. The number of ether oxygens (including phenoxy) is 3. The van der Waals surface area contributed by atoms with Gasteiger partial charge in [-0.1, -0.05) is 15.9 Å². The molecule has 1 heterocycles. The zero-order chi connectivity index (χ0) is 18.7. The average molecular weight is 418 g/mol. The molecule has 0 N–H and O–H groups in total. The zero-order valence-electron chi connectivity index (χ0n) is 14.4. The fourth-order valence-corrected chi connectivity index (χ4v) is 2.73. The van der Waals surface area contributed by atoms with Gasteiger partial charge in [-0.25, -0.2) is 4.98 Å². The Bertz CT molecular complexity index is 908. The van der Waals surface area contributed by atoms with E-state index < -0.39 is 0 Å². The number of carbonyl (C=O) groups is 1. The van der Waals surface area contributed by atoms with Crippen molar-refractivity contribution in [2.24, 2.45) is 0 Å². The zero-order valence-corrected chi connectivity index (χ0v) is 16.0. The minimum atomic E-state index is -0.309. The van der Waals surface area contributed by atoms with Gasteiger partial charge in [0.05, 0.1) is 21.3 Å². The topological polar surface area (TPSA) is 70.8 Å². The summed E-state index contributed by atoms with van der Waals surface area (Å²) < 4.78 is 22.2. The van der Waals surface area contributed by atoms with Crippen molar-refractivity contribution in [3.05, 3.63) is 58.4 Å². The quantitative estimate of drug-likeness (QED) is 0.554. The minimum Gasteiger partial charge on any atom is -0.493 e. The summed E-state index contributed by atoms with van der Waals surface area (Å²) in [4.78, 5) is 17.1. The standard InChI is InChI=1S/C19H16BrNO5/c1-23-15-8-12(9-16(24-2)18(15)25-3)17(22)14-10-26-19(21-14)11-4-6-13(20)7-5-11/h4-10H,1-3H3. The fourth-order valence-electron chi connectivity index (χ4n) is 2.46. The van der Waals surface area contributed by atoms with Gasteiger partial charge in [0.2, 0.25) is 17.4 Å². The molecule has 7 heteroatoms. The van der Waals surface area contributed by atoms with Crippen molar-refractivity contribution in [1.29, 1.82) is 0 Å². The van der Waals surface area contributed by atoms with Crippen molar-refractivity contribution in [1.82, 2.24) is 4.98 Å². The van der Waals surface area contributed by atoms with Gasteiger partial charge in [0.1, 0.15) is 6.26 Å². The molecule has 0 radical (unpaired) electrons. The smallest absolute Gasteiger partial charge is 0.226 e. The molecule has 0 aliphatic heterocycles. The number of methoxy groups -OCH3 is 3. The van der Waals surface area contributed by atoms with Crippen molar-refractivity contribution in [2.45, 2.75) is 0 Å². The first-order valence-electron chi connectivity index (χ1n) is 7.63. The van der Waals surface area contributed by atoms with Crippen molar-refractivity contribution in [2.75, 3.05) is 21.3 Å². The first kappa shape index (κ1) is 18.0. The van der Waals surface area contributed by atoms with E-state index >= 15 is 0 Å². The molecule has 3 aromatic rings. The first-order valence-corrected chi connectivity index (χ1v) is 8.43. The van der Waals surface area contributed by atoms with Crippen LogP contribution in [0, 0.1) is 0 Å². The molecule has 0 bridgehead atoms. The number of oxazole rings is 1. The first-order chi connectivity index (χ1) is 12.6. The van der Waals surface area contributed by atoms with E-state index in [0.29, 0.717) is 28.7 Å². The second kappa shape index (κ2) is 7.61. The molecule has 0 fully saturated rings. The molecule has 0 unspecified atom stereocenters. The number of hydrogen-bond acceptors (Lipinski definition) is 6. The lowest BCUT2D eigenvalue weighted by atomic mass is 10.1. The van der Waals surface area contributed by atoms with Gasteiger partial charge in [-0.3, -0.25) is 4.79 Å². The van der Waals surface area contributed by atoms with Crippen LogP contribution in [-0.4, -0.2) is 32.1 Å². The molecule has 1 aromatic heterocycles. The van der Waals surface area contributed by atoms with Gasteiger partial charge in [0, 0.05) is 15.6 Å². The lowest BCUT2D eigenvalue weighted by Gasteiger charge is -2.13. The summed E-state index contributed by atoms with van der Waals surface area (Å²) in [5.41, 5.74) is 1.32. The molecule has 6 nitrogen and oxygen atoms in total. The second-order valence-electron chi connectivity index (χ2n) is 5.29. The maximum absolute atomic E-state index is 12.8. The Morgan fingerprint density at radius 3 is 2.15 bits per heavy atom. The van der Waals surface area contributed by atoms with Gasteiger partial charge in [-0.2, -0.15) is 0 Å². The maximum Gasteiger partial charge on any atom is 0.226 e. The molecule has 0 amide bonds. The molecule has 3 rings (SSSR count). The second-order valence-corrected chi connectivity index (χ2v) is 6.20. The van der Waals surface area contributed by atoms with Crippen molar-refractivity contribution >= 4 is 21.7 Å². The molecule has 0 spiro atoms. The Morgan fingerprint density at radius 1 is 1.00 bits per heavy atom. The summed E-state index contributed by atoms with van der Waals surface area (Å²) >= 11 is 3.38. The van der Waals surface area contributed by atoms with Gasteiger partial charge < -0.3 is 18.6 Å². The molecule has 26 heavy (non-hydrogen) atoms. The van der Waals surface area contributed by atoms with Crippen LogP contribution in [0.15, 0.2) is 51.6 Å². The highest BCUT2D eigenvalue weighted by Gasteiger charge is 2.20. The highest BCUT2D eigenvalue weighted by Crippen LogP contribution is 2.38. The van der Waals surface area contributed by atoms with Gasteiger partial charge >= 0.3 is 0 Å². The third-order valence-electron chi connectivity index (χ3n) is 3.75. The Labute approximate surface area is 158 Å².